The number of hydrogen-bond acceptors (Lipinski definition) is 2. The van der Waals surface area contributed by atoms with E-state index in [0.717, 1.165) is 18.2 Å². The van der Waals surface area contributed by atoms with E-state index in [1.165, 1.54) is 6.07 Å². The van der Waals surface area contributed by atoms with Gasteiger partial charge in [-0.05, 0) is 37.3 Å². The highest BCUT2D eigenvalue weighted by atomic mass is 127. The maximum absolute atomic E-state index is 13.6. The first kappa shape index (κ1) is 22.1. The van der Waals surface area contributed by atoms with Gasteiger partial charge in [-0.15, -0.1) is 24.0 Å². The van der Waals surface area contributed by atoms with Crippen LogP contribution in [0.5, 0.6) is 5.75 Å². The fourth-order valence-electron chi connectivity index (χ4n) is 2.12. The highest BCUT2D eigenvalue weighted by Crippen LogP contribution is 2.16. The molecule has 0 aliphatic heterocycles. The normalized spacial score (nSPS) is 12.1. The first-order chi connectivity index (χ1) is 12.0. The summed E-state index contributed by atoms with van der Waals surface area (Å²) in [6.07, 6.45) is -0.332. The van der Waals surface area contributed by atoms with Crippen LogP contribution in [0.4, 0.5) is 13.2 Å². The lowest BCUT2D eigenvalue weighted by molar-refractivity contribution is 0.214. The molecule has 2 aromatic rings. The summed E-state index contributed by atoms with van der Waals surface area (Å²) in [5, 5.41) is 5.88. The number of para-hydroxylation sites is 1. The van der Waals surface area contributed by atoms with Crippen LogP contribution in [0.25, 0.3) is 0 Å². The predicted octanol–water partition coefficient (Wildman–Crippen LogP) is 3.85. The van der Waals surface area contributed by atoms with Crippen molar-refractivity contribution in [3.8, 4) is 5.75 Å². The minimum Gasteiger partial charge on any atom is -0.486 e. The Balaban J connectivity index is 0.00000338. The summed E-state index contributed by atoms with van der Waals surface area (Å²) >= 11 is 0. The summed E-state index contributed by atoms with van der Waals surface area (Å²) in [7, 11) is 1.56. The SMILES string of the molecule is CN=C(NCc1cc(F)ccc1F)NCC(C)Oc1ccccc1F.I. The summed E-state index contributed by atoms with van der Waals surface area (Å²) in [4.78, 5) is 4.00. The fraction of sp³-hybridized carbons (Fsp3) is 0.278. The Morgan fingerprint density at radius 1 is 1.08 bits per heavy atom. The van der Waals surface area contributed by atoms with Crippen molar-refractivity contribution in [1.29, 1.82) is 0 Å². The lowest BCUT2D eigenvalue weighted by Crippen LogP contribution is -2.41. The van der Waals surface area contributed by atoms with Crippen LogP contribution in [0.1, 0.15) is 12.5 Å². The quantitative estimate of drug-likeness (QED) is 0.376. The van der Waals surface area contributed by atoms with Gasteiger partial charge in [0.05, 0.1) is 6.54 Å². The first-order valence-corrected chi connectivity index (χ1v) is 7.79. The molecule has 0 fully saturated rings. The van der Waals surface area contributed by atoms with Gasteiger partial charge in [-0.1, -0.05) is 12.1 Å². The van der Waals surface area contributed by atoms with Gasteiger partial charge in [-0.25, -0.2) is 13.2 Å². The van der Waals surface area contributed by atoms with Crippen LogP contribution in [0.2, 0.25) is 0 Å². The molecule has 0 aliphatic rings. The lowest BCUT2D eigenvalue weighted by Gasteiger charge is -2.18. The van der Waals surface area contributed by atoms with Gasteiger partial charge in [0.1, 0.15) is 17.7 Å². The third-order valence-electron chi connectivity index (χ3n) is 3.40. The molecule has 0 saturated carbocycles. The van der Waals surface area contributed by atoms with Gasteiger partial charge in [0.25, 0.3) is 0 Å². The van der Waals surface area contributed by atoms with Crippen LogP contribution < -0.4 is 15.4 Å². The van der Waals surface area contributed by atoms with Gasteiger partial charge in [-0.2, -0.15) is 0 Å². The molecule has 2 N–H and O–H groups in total. The smallest absolute Gasteiger partial charge is 0.191 e. The minimum atomic E-state index is -0.506. The zero-order valence-corrected chi connectivity index (χ0v) is 16.8. The van der Waals surface area contributed by atoms with Crippen LogP contribution in [0, 0.1) is 17.5 Å². The van der Waals surface area contributed by atoms with Crippen LogP contribution in [0.15, 0.2) is 47.5 Å². The molecule has 0 saturated heterocycles. The Labute approximate surface area is 167 Å². The van der Waals surface area contributed by atoms with E-state index in [1.807, 2.05) is 0 Å². The number of aliphatic imine (C=N–C) groups is 1. The van der Waals surface area contributed by atoms with E-state index in [9.17, 15) is 13.2 Å². The maximum Gasteiger partial charge on any atom is 0.191 e. The second kappa shape index (κ2) is 10.9. The molecular formula is C18H21F3IN3O. The molecule has 0 amide bonds. The zero-order chi connectivity index (χ0) is 18.2. The first-order valence-electron chi connectivity index (χ1n) is 7.79. The summed E-state index contributed by atoms with van der Waals surface area (Å²) in [6.45, 7) is 2.20. The number of rotatable bonds is 6. The zero-order valence-electron chi connectivity index (χ0n) is 14.4. The van der Waals surface area contributed by atoms with E-state index in [-0.39, 0.29) is 47.9 Å². The van der Waals surface area contributed by atoms with Gasteiger partial charge in [0, 0.05) is 19.2 Å². The monoisotopic (exact) mass is 479 g/mol. The van der Waals surface area contributed by atoms with Gasteiger partial charge in [0.2, 0.25) is 0 Å². The summed E-state index contributed by atoms with van der Waals surface area (Å²) in [5.74, 6) is -0.874. The summed E-state index contributed by atoms with van der Waals surface area (Å²) in [5.41, 5.74) is 0.193. The van der Waals surface area contributed by atoms with Crippen molar-refractivity contribution in [2.24, 2.45) is 4.99 Å². The van der Waals surface area contributed by atoms with E-state index >= 15 is 0 Å². The number of ether oxygens (including phenoxy) is 1. The molecule has 2 rings (SSSR count). The third kappa shape index (κ3) is 6.74. The lowest BCUT2D eigenvalue weighted by atomic mass is 10.2. The average Bonchev–Trinajstić information content (AvgIpc) is 2.60. The van der Waals surface area contributed by atoms with E-state index in [0.29, 0.717) is 12.5 Å². The average molecular weight is 479 g/mol. The molecule has 0 spiro atoms. The molecular weight excluding hydrogens is 458 g/mol. The number of guanidine groups is 1. The molecule has 0 bridgehead atoms. The summed E-state index contributed by atoms with van der Waals surface area (Å²) in [6, 6.07) is 9.41. The Kier molecular flexibility index (Phi) is 9.25. The molecule has 2 aromatic carbocycles. The fourth-order valence-corrected chi connectivity index (χ4v) is 2.12. The molecule has 1 atom stereocenters. The van der Waals surface area contributed by atoms with E-state index in [4.69, 9.17) is 4.74 Å². The molecule has 0 heterocycles. The molecule has 1 unspecified atom stereocenters. The highest BCUT2D eigenvalue weighted by Gasteiger charge is 2.09. The van der Waals surface area contributed by atoms with Crippen LogP contribution >= 0.6 is 24.0 Å². The molecule has 0 aliphatic carbocycles. The second-order valence-electron chi connectivity index (χ2n) is 5.40. The van der Waals surface area contributed by atoms with Crippen molar-refractivity contribution >= 4 is 29.9 Å². The third-order valence-corrected chi connectivity index (χ3v) is 3.40. The number of hydrogen-bond donors (Lipinski definition) is 2. The highest BCUT2D eigenvalue weighted by molar-refractivity contribution is 14.0. The molecule has 4 nitrogen and oxygen atoms in total. The van der Waals surface area contributed by atoms with Crippen molar-refractivity contribution in [3.63, 3.8) is 0 Å². The Morgan fingerprint density at radius 3 is 2.50 bits per heavy atom. The Hall–Kier alpha value is -1.97. The van der Waals surface area contributed by atoms with Crippen LogP contribution in [0.3, 0.4) is 0 Å². The van der Waals surface area contributed by atoms with E-state index < -0.39 is 17.5 Å². The predicted molar refractivity (Wildman–Crippen MR) is 106 cm³/mol. The molecule has 0 aromatic heterocycles. The van der Waals surface area contributed by atoms with E-state index in [1.54, 1.807) is 32.2 Å². The Bertz CT molecular complexity index is 743. The molecule has 142 valence electrons. The van der Waals surface area contributed by atoms with Crippen molar-refractivity contribution in [2.45, 2.75) is 19.6 Å². The van der Waals surface area contributed by atoms with Crippen LogP contribution in [-0.2, 0) is 6.54 Å². The van der Waals surface area contributed by atoms with Crippen molar-refractivity contribution in [3.05, 3.63) is 65.5 Å². The topological polar surface area (TPSA) is 45.7 Å². The van der Waals surface area contributed by atoms with Crippen molar-refractivity contribution in [2.75, 3.05) is 13.6 Å². The van der Waals surface area contributed by atoms with E-state index in [2.05, 4.69) is 15.6 Å². The van der Waals surface area contributed by atoms with Gasteiger partial charge in [-0.3, -0.25) is 4.99 Å². The minimum absolute atomic E-state index is 0. The maximum atomic E-state index is 13.6. The Morgan fingerprint density at radius 2 is 1.81 bits per heavy atom. The molecule has 8 heteroatoms. The second-order valence-corrected chi connectivity index (χ2v) is 5.40. The number of halogens is 4. The van der Waals surface area contributed by atoms with Crippen LogP contribution in [-0.4, -0.2) is 25.7 Å². The molecule has 26 heavy (non-hydrogen) atoms. The van der Waals surface area contributed by atoms with Crippen molar-refractivity contribution in [1.82, 2.24) is 10.6 Å². The number of nitrogens with one attached hydrogen (secondary N) is 2. The van der Waals surface area contributed by atoms with Gasteiger partial charge < -0.3 is 15.4 Å². The number of nitrogens with zero attached hydrogens (tertiary/aromatic N) is 1. The van der Waals surface area contributed by atoms with Gasteiger partial charge in [0.15, 0.2) is 17.5 Å². The van der Waals surface area contributed by atoms with Crippen molar-refractivity contribution < 1.29 is 17.9 Å². The number of benzene rings is 2. The largest absolute Gasteiger partial charge is 0.486 e. The summed E-state index contributed by atoms with van der Waals surface area (Å²) < 4.78 is 45.8. The standard InChI is InChI=1S/C18H20F3N3O.HI/c1-12(25-17-6-4-3-5-16(17)21)10-23-18(22-2)24-11-13-9-14(19)7-8-15(13)20;/h3-9,12H,10-11H2,1-2H3,(H2,22,23,24);1H. The molecule has 0 radical (unpaired) electrons. The van der Waals surface area contributed by atoms with Gasteiger partial charge >= 0.3 is 0 Å².